The van der Waals surface area contributed by atoms with E-state index in [0.29, 0.717) is 17.2 Å². The number of hydrogen-bond acceptors (Lipinski definition) is 4. The lowest BCUT2D eigenvalue weighted by molar-refractivity contribution is -0.115. The van der Waals surface area contributed by atoms with Crippen molar-refractivity contribution in [2.24, 2.45) is 0 Å². The SMILES string of the molecule is CNCC(=O)Nc1ccc2nc(C)oc2c1. The number of oxazole rings is 1. The second-order valence-electron chi connectivity index (χ2n) is 3.49. The summed E-state index contributed by atoms with van der Waals surface area (Å²) in [5.74, 6) is 0.534. The van der Waals surface area contributed by atoms with Gasteiger partial charge in [-0.1, -0.05) is 0 Å². The zero-order chi connectivity index (χ0) is 11.5. The first kappa shape index (κ1) is 10.6. The lowest BCUT2D eigenvalue weighted by Crippen LogP contribution is -2.24. The molecule has 0 fully saturated rings. The Labute approximate surface area is 92.8 Å². The van der Waals surface area contributed by atoms with Crippen LogP contribution in [0, 0.1) is 6.92 Å². The third-order valence-corrected chi connectivity index (χ3v) is 2.12. The Bertz CT molecular complexity index is 519. The van der Waals surface area contributed by atoms with Gasteiger partial charge in [0.1, 0.15) is 5.52 Å². The summed E-state index contributed by atoms with van der Waals surface area (Å²) in [6.07, 6.45) is 0. The summed E-state index contributed by atoms with van der Waals surface area (Å²) < 4.78 is 5.37. The van der Waals surface area contributed by atoms with Crippen molar-refractivity contribution >= 4 is 22.7 Å². The number of likely N-dealkylation sites (N-methyl/N-ethyl adjacent to an activating group) is 1. The Morgan fingerprint density at radius 3 is 3.06 bits per heavy atom. The highest BCUT2D eigenvalue weighted by Crippen LogP contribution is 2.19. The monoisotopic (exact) mass is 219 g/mol. The Hall–Kier alpha value is -1.88. The van der Waals surface area contributed by atoms with Gasteiger partial charge in [0.15, 0.2) is 11.5 Å². The van der Waals surface area contributed by atoms with Crippen molar-refractivity contribution in [3.63, 3.8) is 0 Å². The number of hydrogen-bond donors (Lipinski definition) is 2. The maximum Gasteiger partial charge on any atom is 0.238 e. The quantitative estimate of drug-likeness (QED) is 0.816. The first-order valence-electron chi connectivity index (χ1n) is 5.00. The number of nitrogens with one attached hydrogen (secondary N) is 2. The minimum absolute atomic E-state index is 0.0851. The summed E-state index contributed by atoms with van der Waals surface area (Å²) in [5, 5.41) is 5.54. The van der Waals surface area contributed by atoms with Gasteiger partial charge >= 0.3 is 0 Å². The molecule has 2 aromatic rings. The number of amides is 1. The second-order valence-corrected chi connectivity index (χ2v) is 3.49. The van der Waals surface area contributed by atoms with E-state index in [-0.39, 0.29) is 12.5 Å². The fraction of sp³-hybridized carbons (Fsp3) is 0.273. The second kappa shape index (κ2) is 4.32. The molecular weight excluding hydrogens is 206 g/mol. The smallest absolute Gasteiger partial charge is 0.238 e. The third kappa shape index (κ3) is 2.20. The van der Waals surface area contributed by atoms with Crippen LogP contribution in [0.2, 0.25) is 0 Å². The molecule has 0 aliphatic carbocycles. The molecule has 0 spiro atoms. The number of benzene rings is 1. The molecule has 2 N–H and O–H groups in total. The number of aryl methyl sites for hydroxylation is 1. The van der Waals surface area contributed by atoms with Gasteiger partial charge in [0.25, 0.3) is 0 Å². The van der Waals surface area contributed by atoms with Gasteiger partial charge in [-0.2, -0.15) is 0 Å². The number of aromatic nitrogens is 1. The van der Waals surface area contributed by atoms with Crippen LogP contribution in [0.3, 0.4) is 0 Å². The molecule has 1 aromatic heterocycles. The van der Waals surface area contributed by atoms with Crippen molar-refractivity contribution in [2.45, 2.75) is 6.92 Å². The lowest BCUT2D eigenvalue weighted by Gasteiger charge is -2.03. The normalized spacial score (nSPS) is 10.6. The molecule has 0 aliphatic rings. The minimum atomic E-state index is -0.0851. The number of rotatable bonds is 3. The van der Waals surface area contributed by atoms with Crippen LogP contribution in [-0.2, 0) is 4.79 Å². The van der Waals surface area contributed by atoms with E-state index in [0.717, 1.165) is 5.52 Å². The zero-order valence-electron chi connectivity index (χ0n) is 9.20. The molecule has 0 radical (unpaired) electrons. The molecule has 0 saturated heterocycles. The summed E-state index contributed by atoms with van der Waals surface area (Å²) in [4.78, 5) is 15.5. The largest absolute Gasteiger partial charge is 0.441 e. The first-order valence-corrected chi connectivity index (χ1v) is 5.00. The van der Waals surface area contributed by atoms with E-state index in [1.807, 2.05) is 6.07 Å². The maximum atomic E-state index is 11.3. The van der Waals surface area contributed by atoms with Crippen LogP contribution in [0.4, 0.5) is 5.69 Å². The fourth-order valence-corrected chi connectivity index (χ4v) is 1.48. The van der Waals surface area contributed by atoms with Gasteiger partial charge in [0.05, 0.1) is 6.54 Å². The molecule has 1 aromatic carbocycles. The van der Waals surface area contributed by atoms with E-state index < -0.39 is 0 Å². The average Bonchev–Trinajstić information content (AvgIpc) is 2.57. The summed E-state index contributed by atoms with van der Waals surface area (Å²) in [7, 11) is 1.72. The molecule has 0 aliphatic heterocycles. The van der Waals surface area contributed by atoms with Gasteiger partial charge in [-0.05, 0) is 19.2 Å². The zero-order valence-corrected chi connectivity index (χ0v) is 9.20. The van der Waals surface area contributed by atoms with Crippen molar-refractivity contribution in [1.82, 2.24) is 10.3 Å². The van der Waals surface area contributed by atoms with Gasteiger partial charge in [-0.3, -0.25) is 4.79 Å². The van der Waals surface area contributed by atoms with Crippen LogP contribution in [0.15, 0.2) is 22.6 Å². The molecule has 0 saturated carbocycles. The van der Waals surface area contributed by atoms with Crippen molar-refractivity contribution in [1.29, 1.82) is 0 Å². The van der Waals surface area contributed by atoms with Gasteiger partial charge in [0, 0.05) is 18.7 Å². The van der Waals surface area contributed by atoms with Crippen LogP contribution in [0.1, 0.15) is 5.89 Å². The minimum Gasteiger partial charge on any atom is -0.441 e. The van der Waals surface area contributed by atoms with Crippen LogP contribution in [0.25, 0.3) is 11.1 Å². The van der Waals surface area contributed by atoms with E-state index in [2.05, 4.69) is 15.6 Å². The number of nitrogens with zero attached hydrogens (tertiary/aromatic N) is 1. The first-order chi connectivity index (χ1) is 7.69. The van der Waals surface area contributed by atoms with Gasteiger partial charge < -0.3 is 15.1 Å². The van der Waals surface area contributed by atoms with Crippen LogP contribution < -0.4 is 10.6 Å². The molecule has 2 rings (SSSR count). The number of carbonyl (C=O) groups excluding carboxylic acids is 1. The fourth-order valence-electron chi connectivity index (χ4n) is 1.48. The summed E-state index contributed by atoms with van der Waals surface area (Å²) in [5.41, 5.74) is 2.19. The molecule has 0 unspecified atom stereocenters. The molecule has 84 valence electrons. The molecule has 16 heavy (non-hydrogen) atoms. The van der Waals surface area contributed by atoms with E-state index >= 15 is 0 Å². The van der Waals surface area contributed by atoms with Gasteiger partial charge in [-0.25, -0.2) is 4.98 Å². The highest BCUT2D eigenvalue weighted by molar-refractivity contribution is 5.93. The molecule has 5 nitrogen and oxygen atoms in total. The van der Waals surface area contributed by atoms with E-state index in [1.165, 1.54) is 0 Å². The highest BCUT2D eigenvalue weighted by atomic mass is 16.3. The summed E-state index contributed by atoms with van der Waals surface area (Å²) in [6, 6.07) is 5.39. The van der Waals surface area contributed by atoms with Crippen molar-refractivity contribution in [2.75, 3.05) is 18.9 Å². The molecule has 0 atom stereocenters. The van der Waals surface area contributed by atoms with Crippen molar-refractivity contribution in [3.05, 3.63) is 24.1 Å². The summed E-state index contributed by atoms with van der Waals surface area (Å²) >= 11 is 0. The average molecular weight is 219 g/mol. The maximum absolute atomic E-state index is 11.3. The number of carbonyl (C=O) groups is 1. The molecule has 1 amide bonds. The Morgan fingerprint density at radius 2 is 2.31 bits per heavy atom. The van der Waals surface area contributed by atoms with Crippen LogP contribution in [-0.4, -0.2) is 24.5 Å². The highest BCUT2D eigenvalue weighted by Gasteiger charge is 2.05. The summed E-state index contributed by atoms with van der Waals surface area (Å²) in [6.45, 7) is 2.08. The topological polar surface area (TPSA) is 67.2 Å². The number of fused-ring (bicyclic) bond motifs is 1. The Balaban J connectivity index is 2.22. The Kier molecular flexibility index (Phi) is 2.87. The standard InChI is InChI=1S/C11H13N3O2/c1-7-13-9-4-3-8(5-10(9)16-7)14-11(15)6-12-2/h3-5,12H,6H2,1-2H3,(H,14,15). The van der Waals surface area contributed by atoms with E-state index in [4.69, 9.17) is 4.42 Å². The molecule has 0 bridgehead atoms. The predicted octanol–water partition coefficient (Wildman–Crippen LogP) is 1.29. The molecular formula is C11H13N3O2. The van der Waals surface area contributed by atoms with Crippen LogP contribution >= 0.6 is 0 Å². The predicted molar refractivity (Wildman–Crippen MR) is 61.3 cm³/mol. The van der Waals surface area contributed by atoms with Gasteiger partial charge in [-0.15, -0.1) is 0 Å². The molecule has 5 heteroatoms. The van der Waals surface area contributed by atoms with Crippen molar-refractivity contribution in [3.8, 4) is 0 Å². The Morgan fingerprint density at radius 1 is 1.50 bits per heavy atom. The number of anilines is 1. The van der Waals surface area contributed by atoms with Gasteiger partial charge in [0.2, 0.25) is 5.91 Å². The lowest BCUT2D eigenvalue weighted by atomic mass is 10.3. The third-order valence-electron chi connectivity index (χ3n) is 2.12. The van der Waals surface area contributed by atoms with Crippen molar-refractivity contribution < 1.29 is 9.21 Å². The molecule has 1 heterocycles. The van der Waals surface area contributed by atoms with E-state index in [1.54, 1.807) is 26.1 Å². The van der Waals surface area contributed by atoms with E-state index in [9.17, 15) is 4.79 Å². The van der Waals surface area contributed by atoms with Crippen LogP contribution in [0.5, 0.6) is 0 Å².